The van der Waals surface area contributed by atoms with Crippen LogP contribution in [0, 0.1) is 0 Å². The van der Waals surface area contributed by atoms with Gasteiger partial charge < -0.3 is 10.2 Å². The van der Waals surface area contributed by atoms with Crippen molar-refractivity contribution in [3.63, 3.8) is 0 Å². The zero-order valence-electron chi connectivity index (χ0n) is 16.3. The molecule has 0 saturated carbocycles. The molecule has 1 fully saturated rings. The molecule has 7 nitrogen and oxygen atoms in total. The van der Waals surface area contributed by atoms with E-state index in [2.05, 4.69) is 35.7 Å². The van der Waals surface area contributed by atoms with E-state index in [1.807, 2.05) is 60.7 Å². The third-order valence-electron chi connectivity index (χ3n) is 4.72. The van der Waals surface area contributed by atoms with Crippen LogP contribution in [0.15, 0.2) is 65.8 Å². The van der Waals surface area contributed by atoms with Crippen LogP contribution >= 0.6 is 0 Å². The highest BCUT2D eigenvalue weighted by Gasteiger charge is 2.15. The molecule has 0 atom stereocenters. The van der Waals surface area contributed by atoms with Gasteiger partial charge in [0.05, 0.1) is 6.21 Å². The predicted molar refractivity (Wildman–Crippen MR) is 118 cm³/mol. The van der Waals surface area contributed by atoms with Gasteiger partial charge in [-0.2, -0.15) is 20.1 Å². The van der Waals surface area contributed by atoms with Gasteiger partial charge >= 0.3 is 0 Å². The van der Waals surface area contributed by atoms with Gasteiger partial charge in [0.25, 0.3) is 0 Å². The summed E-state index contributed by atoms with van der Waals surface area (Å²) in [4.78, 5) is 16.0. The fraction of sp³-hybridized carbons (Fsp3) is 0.273. The molecular formula is C22H25N7. The van der Waals surface area contributed by atoms with Crippen molar-refractivity contribution in [1.82, 2.24) is 15.0 Å². The largest absolute Gasteiger partial charge is 0.341 e. The molecule has 0 spiro atoms. The zero-order valence-corrected chi connectivity index (χ0v) is 16.3. The van der Waals surface area contributed by atoms with Crippen LogP contribution in [0.5, 0.6) is 0 Å². The topological polar surface area (TPSA) is 78.3 Å². The average Bonchev–Trinajstić information content (AvgIpc) is 3.05. The standard InChI is InChI=1S/C22H25N7/c1-2-10-16-29(15-9-1)22-26-20(24-19-13-7-4-8-14-19)25-21(27-22)28-23-17-18-11-5-3-6-12-18/h3-8,11-14,17H,1-2,9-10,15-16H2,(H2,24,25,26,27,28)/b23-17-. The number of para-hydroxylation sites is 1. The molecule has 0 unspecified atom stereocenters. The van der Waals surface area contributed by atoms with Crippen molar-refractivity contribution >= 4 is 29.7 Å². The number of aromatic nitrogens is 3. The lowest BCUT2D eigenvalue weighted by Crippen LogP contribution is -2.26. The Bertz CT molecular complexity index is 920. The third-order valence-corrected chi connectivity index (χ3v) is 4.72. The van der Waals surface area contributed by atoms with E-state index in [0.29, 0.717) is 17.8 Å². The Morgan fingerprint density at radius 3 is 2.14 bits per heavy atom. The number of benzene rings is 2. The van der Waals surface area contributed by atoms with Gasteiger partial charge in [-0.3, -0.25) is 0 Å². The van der Waals surface area contributed by atoms with Gasteiger partial charge in [-0.1, -0.05) is 61.4 Å². The van der Waals surface area contributed by atoms with E-state index in [1.54, 1.807) is 6.21 Å². The van der Waals surface area contributed by atoms with Gasteiger partial charge in [0.15, 0.2) is 0 Å². The third kappa shape index (κ3) is 5.51. The molecular weight excluding hydrogens is 362 g/mol. The van der Waals surface area contributed by atoms with Crippen LogP contribution < -0.4 is 15.6 Å². The molecule has 0 bridgehead atoms. The quantitative estimate of drug-likeness (QED) is 0.481. The Morgan fingerprint density at radius 1 is 0.759 bits per heavy atom. The van der Waals surface area contributed by atoms with Crippen molar-refractivity contribution in [1.29, 1.82) is 0 Å². The molecule has 148 valence electrons. The second-order valence-corrected chi connectivity index (χ2v) is 6.96. The first kappa shape index (κ1) is 18.9. The van der Waals surface area contributed by atoms with Gasteiger partial charge in [-0.25, -0.2) is 5.43 Å². The number of anilines is 4. The number of hydrogen-bond donors (Lipinski definition) is 2. The van der Waals surface area contributed by atoms with Gasteiger partial charge in [-0.05, 0) is 30.5 Å². The molecule has 4 rings (SSSR count). The Morgan fingerprint density at radius 2 is 1.41 bits per heavy atom. The normalized spacial score (nSPS) is 14.6. The summed E-state index contributed by atoms with van der Waals surface area (Å²) in [5.74, 6) is 1.60. The Labute approximate surface area is 170 Å². The van der Waals surface area contributed by atoms with E-state index in [0.717, 1.165) is 37.2 Å². The molecule has 0 aliphatic carbocycles. The first-order valence-corrected chi connectivity index (χ1v) is 10.0. The van der Waals surface area contributed by atoms with Crippen molar-refractivity contribution in [2.45, 2.75) is 25.7 Å². The summed E-state index contributed by atoms with van der Waals surface area (Å²) in [6.07, 6.45) is 6.57. The number of hydrazone groups is 1. The molecule has 1 aromatic heterocycles. The predicted octanol–water partition coefficient (Wildman–Crippen LogP) is 4.44. The molecule has 2 aromatic carbocycles. The Hall–Kier alpha value is -3.48. The molecule has 29 heavy (non-hydrogen) atoms. The molecule has 2 heterocycles. The van der Waals surface area contributed by atoms with E-state index in [1.165, 1.54) is 12.8 Å². The van der Waals surface area contributed by atoms with Crippen molar-refractivity contribution in [3.8, 4) is 0 Å². The SMILES string of the molecule is C(=N/Nc1nc(Nc2ccccc2)nc(N2CCCCCC2)n1)/c1ccccc1. The van der Waals surface area contributed by atoms with E-state index < -0.39 is 0 Å². The fourth-order valence-corrected chi connectivity index (χ4v) is 3.24. The van der Waals surface area contributed by atoms with Gasteiger partial charge in [-0.15, -0.1) is 0 Å². The maximum absolute atomic E-state index is 4.66. The number of nitrogens with one attached hydrogen (secondary N) is 2. The highest BCUT2D eigenvalue weighted by molar-refractivity contribution is 5.79. The van der Waals surface area contributed by atoms with E-state index in [9.17, 15) is 0 Å². The van der Waals surface area contributed by atoms with Crippen molar-refractivity contribution < 1.29 is 0 Å². The molecule has 3 aromatic rings. The molecule has 7 heteroatoms. The summed E-state index contributed by atoms with van der Waals surface area (Å²) in [6, 6.07) is 19.8. The van der Waals surface area contributed by atoms with Crippen LogP contribution in [0.25, 0.3) is 0 Å². The number of hydrogen-bond acceptors (Lipinski definition) is 7. The lowest BCUT2D eigenvalue weighted by molar-refractivity contribution is 0.726. The fourth-order valence-electron chi connectivity index (χ4n) is 3.24. The van der Waals surface area contributed by atoms with Gasteiger partial charge in [0.2, 0.25) is 17.8 Å². The average molecular weight is 387 g/mol. The molecule has 0 amide bonds. The van der Waals surface area contributed by atoms with Crippen LogP contribution in [-0.4, -0.2) is 34.3 Å². The van der Waals surface area contributed by atoms with E-state index >= 15 is 0 Å². The minimum atomic E-state index is 0.421. The molecule has 2 N–H and O–H groups in total. The monoisotopic (exact) mass is 387 g/mol. The molecule has 1 aliphatic heterocycles. The first-order chi connectivity index (χ1) is 14.4. The molecule has 1 saturated heterocycles. The highest BCUT2D eigenvalue weighted by Crippen LogP contribution is 2.20. The van der Waals surface area contributed by atoms with E-state index in [-0.39, 0.29) is 0 Å². The minimum Gasteiger partial charge on any atom is -0.341 e. The Balaban J connectivity index is 1.57. The van der Waals surface area contributed by atoms with E-state index in [4.69, 9.17) is 0 Å². The van der Waals surface area contributed by atoms with Crippen LogP contribution in [0.1, 0.15) is 31.2 Å². The summed E-state index contributed by atoms with van der Waals surface area (Å²) in [6.45, 7) is 1.92. The van der Waals surface area contributed by atoms with Gasteiger partial charge in [0, 0.05) is 18.8 Å². The number of rotatable bonds is 6. The van der Waals surface area contributed by atoms with Crippen LogP contribution in [0.4, 0.5) is 23.5 Å². The smallest absolute Gasteiger partial charge is 0.250 e. The highest BCUT2D eigenvalue weighted by atomic mass is 15.4. The van der Waals surface area contributed by atoms with Crippen molar-refractivity contribution in [3.05, 3.63) is 66.2 Å². The molecule has 1 aliphatic rings. The molecule has 0 radical (unpaired) electrons. The second kappa shape index (κ2) is 9.64. The lowest BCUT2D eigenvalue weighted by Gasteiger charge is -2.21. The maximum Gasteiger partial charge on any atom is 0.250 e. The summed E-state index contributed by atoms with van der Waals surface area (Å²) < 4.78 is 0. The number of nitrogens with zero attached hydrogens (tertiary/aromatic N) is 5. The second-order valence-electron chi connectivity index (χ2n) is 6.96. The van der Waals surface area contributed by atoms with Crippen LogP contribution in [-0.2, 0) is 0 Å². The van der Waals surface area contributed by atoms with Crippen LogP contribution in [0.3, 0.4) is 0 Å². The lowest BCUT2D eigenvalue weighted by atomic mass is 10.2. The maximum atomic E-state index is 4.66. The summed E-state index contributed by atoms with van der Waals surface area (Å²) >= 11 is 0. The summed E-state index contributed by atoms with van der Waals surface area (Å²) in [5.41, 5.74) is 4.89. The Kier molecular flexibility index (Phi) is 6.27. The van der Waals surface area contributed by atoms with Crippen LogP contribution in [0.2, 0.25) is 0 Å². The first-order valence-electron chi connectivity index (χ1n) is 10.0. The van der Waals surface area contributed by atoms with Crippen molar-refractivity contribution in [2.75, 3.05) is 28.7 Å². The van der Waals surface area contributed by atoms with Gasteiger partial charge in [0.1, 0.15) is 0 Å². The summed E-state index contributed by atoms with van der Waals surface area (Å²) in [5, 5.41) is 7.56. The summed E-state index contributed by atoms with van der Waals surface area (Å²) in [7, 11) is 0. The van der Waals surface area contributed by atoms with Crippen molar-refractivity contribution in [2.24, 2.45) is 5.10 Å². The minimum absolute atomic E-state index is 0.421. The zero-order chi connectivity index (χ0) is 19.7.